The Hall–Kier alpha value is -1.10. The number of rotatable bonds is 4. The zero-order valence-corrected chi connectivity index (χ0v) is 13.4. The van der Waals surface area contributed by atoms with Gasteiger partial charge in [-0.2, -0.15) is 0 Å². The predicted octanol–water partition coefficient (Wildman–Crippen LogP) is 4.56. The van der Waals surface area contributed by atoms with Crippen molar-refractivity contribution < 1.29 is 9.13 Å². The van der Waals surface area contributed by atoms with E-state index in [0.29, 0.717) is 15.2 Å². The van der Waals surface area contributed by atoms with Gasteiger partial charge in [0.25, 0.3) is 0 Å². The Morgan fingerprint density at radius 1 is 1.20 bits per heavy atom. The summed E-state index contributed by atoms with van der Waals surface area (Å²) >= 11 is 9.70. The smallest absolute Gasteiger partial charge is 0.124 e. The molecule has 1 atom stereocenters. The van der Waals surface area contributed by atoms with Crippen molar-refractivity contribution in [2.75, 3.05) is 14.2 Å². The van der Waals surface area contributed by atoms with Crippen LogP contribution in [0.3, 0.4) is 0 Å². The molecule has 0 amide bonds. The third kappa shape index (κ3) is 3.14. The summed E-state index contributed by atoms with van der Waals surface area (Å²) in [4.78, 5) is 0. The fourth-order valence-electron chi connectivity index (χ4n) is 2.08. The lowest BCUT2D eigenvalue weighted by Crippen LogP contribution is -2.18. The molecule has 1 unspecified atom stereocenters. The summed E-state index contributed by atoms with van der Waals surface area (Å²) in [6, 6.07) is 9.99. The number of halogens is 3. The molecule has 0 aliphatic heterocycles. The van der Waals surface area contributed by atoms with E-state index in [2.05, 4.69) is 21.2 Å². The third-order valence-corrected chi connectivity index (χ3v) is 4.09. The minimum Gasteiger partial charge on any atom is -0.497 e. The Bertz CT molecular complexity index is 621. The number of nitrogens with one attached hydrogen (secondary N) is 1. The second kappa shape index (κ2) is 6.57. The van der Waals surface area contributed by atoms with Crippen molar-refractivity contribution >= 4 is 27.5 Å². The van der Waals surface area contributed by atoms with Crippen molar-refractivity contribution in [1.29, 1.82) is 0 Å². The standard InChI is InChI=1S/C15H14BrClFNO/c1-19-15(11-5-3-9(18)7-13(11)16)12-6-4-10(20-2)8-14(12)17/h3-8,15,19H,1-2H3. The predicted molar refractivity (Wildman–Crippen MR) is 83.0 cm³/mol. The molecule has 106 valence electrons. The summed E-state index contributed by atoms with van der Waals surface area (Å²) in [7, 11) is 3.43. The van der Waals surface area contributed by atoms with E-state index < -0.39 is 0 Å². The van der Waals surface area contributed by atoms with Crippen LogP contribution in [0.1, 0.15) is 17.2 Å². The highest BCUT2D eigenvalue weighted by Crippen LogP contribution is 2.34. The molecule has 2 nitrogen and oxygen atoms in total. The molecular weight excluding hydrogens is 345 g/mol. The van der Waals surface area contributed by atoms with E-state index in [-0.39, 0.29) is 11.9 Å². The molecule has 5 heteroatoms. The first kappa shape index (κ1) is 15.3. The summed E-state index contributed by atoms with van der Waals surface area (Å²) in [5, 5.41) is 3.79. The van der Waals surface area contributed by atoms with Gasteiger partial charge in [-0.1, -0.05) is 39.7 Å². The maximum absolute atomic E-state index is 13.2. The highest BCUT2D eigenvalue weighted by molar-refractivity contribution is 9.10. The Kier molecular flexibility index (Phi) is 5.02. The minimum absolute atomic E-state index is 0.136. The molecule has 0 saturated carbocycles. The Balaban J connectivity index is 2.47. The number of benzene rings is 2. The van der Waals surface area contributed by atoms with Gasteiger partial charge in [-0.3, -0.25) is 0 Å². The van der Waals surface area contributed by atoms with Crippen LogP contribution in [0, 0.1) is 5.82 Å². The van der Waals surface area contributed by atoms with Crippen LogP contribution in [0.15, 0.2) is 40.9 Å². The monoisotopic (exact) mass is 357 g/mol. The average molecular weight is 359 g/mol. The molecule has 0 aromatic heterocycles. The van der Waals surface area contributed by atoms with E-state index in [1.54, 1.807) is 19.2 Å². The van der Waals surface area contributed by atoms with E-state index >= 15 is 0 Å². The molecule has 20 heavy (non-hydrogen) atoms. The number of hydrogen-bond donors (Lipinski definition) is 1. The molecule has 0 aliphatic carbocycles. The Morgan fingerprint density at radius 3 is 2.45 bits per heavy atom. The van der Waals surface area contributed by atoms with E-state index in [4.69, 9.17) is 16.3 Å². The first-order valence-electron chi connectivity index (χ1n) is 6.02. The number of methoxy groups -OCH3 is 1. The molecule has 2 rings (SSSR count). The molecule has 0 heterocycles. The molecule has 0 fully saturated rings. The largest absolute Gasteiger partial charge is 0.497 e. The first-order chi connectivity index (χ1) is 9.56. The minimum atomic E-state index is -0.281. The third-order valence-electron chi connectivity index (χ3n) is 3.08. The maximum atomic E-state index is 13.2. The summed E-state index contributed by atoms with van der Waals surface area (Å²) in [6.07, 6.45) is 0. The van der Waals surface area contributed by atoms with Crippen LogP contribution >= 0.6 is 27.5 Å². The average Bonchev–Trinajstić information content (AvgIpc) is 2.43. The van der Waals surface area contributed by atoms with Crippen molar-refractivity contribution in [3.8, 4) is 5.75 Å². The van der Waals surface area contributed by atoms with Gasteiger partial charge in [-0.15, -0.1) is 0 Å². The quantitative estimate of drug-likeness (QED) is 0.865. The SMILES string of the molecule is CNC(c1ccc(OC)cc1Cl)c1ccc(F)cc1Br. The van der Waals surface area contributed by atoms with Crippen LogP contribution in [-0.2, 0) is 0 Å². The van der Waals surface area contributed by atoms with Gasteiger partial charge < -0.3 is 10.1 Å². The summed E-state index contributed by atoms with van der Waals surface area (Å²) in [5.74, 6) is 0.420. The zero-order valence-electron chi connectivity index (χ0n) is 11.1. The lowest BCUT2D eigenvalue weighted by molar-refractivity contribution is 0.414. The molecule has 0 spiro atoms. The topological polar surface area (TPSA) is 21.3 Å². The van der Waals surface area contributed by atoms with Crippen LogP contribution < -0.4 is 10.1 Å². The highest BCUT2D eigenvalue weighted by Gasteiger charge is 2.18. The lowest BCUT2D eigenvalue weighted by atomic mass is 9.98. The van der Waals surface area contributed by atoms with Gasteiger partial charge in [0.15, 0.2) is 0 Å². The van der Waals surface area contributed by atoms with Crippen molar-refractivity contribution in [2.24, 2.45) is 0 Å². The molecule has 2 aromatic carbocycles. The Morgan fingerprint density at radius 2 is 1.90 bits per heavy atom. The van der Waals surface area contributed by atoms with Crippen molar-refractivity contribution in [3.05, 3.63) is 62.8 Å². The second-order valence-corrected chi connectivity index (χ2v) is 5.54. The van der Waals surface area contributed by atoms with Gasteiger partial charge >= 0.3 is 0 Å². The molecule has 0 aliphatic rings. The van der Waals surface area contributed by atoms with Gasteiger partial charge in [0.05, 0.1) is 13.2 Å². The van der Waals surface area contributed by atoms with Gasteiger partial charge in [0.1, 0.15) is 11.6 Å². The normalized spacial score (nSPS) is 12.2. The fourth-order valence-corrected chi connectivity index (χ4v) is 2.94. The maximum Gasteiger partial charge on any atom is 0.124 e. The van der Waals surface area contributed by atoms with Crippen molar-refractivity contribution in [3.63, 3.8) is 0 Å². The van der Waals surface area contributed by atoms with Crippen LogP contribution in [0.4, 0.5) is 4.39 Å². The number of ether oxygens (including phenoxy) is 1. The first-order valence-corrected chi connectivity index (χ1v) is 7.19. The van der Waals surface area contributed by atoms with E-state index in [1.165, 1.54) is 12.1 Å². The molecule has 2 aromatic rings. The van der Waals surface area contributed by atoms with Crippen molar-refractivity contribution in [1.82, 2.24) is 5.32 Å². The van der Waals surface area contributed by atoms with Crippen molar-refractivity contribution in [2.45, 2.75) is 6.04 Å². The van der Waals surface area contributed by atoms with E-state index in [9.17, 15) is 4.39 Å². The summed E-state index contributed by atoms with van der Waals surface area (Å²) in [5.41, 5.74) is 1.82. The van der Waals surface area contributed by atoms with E-state index in [0.717, 1.165) is 11.1 Å². The molecule has 0 saturated heterocycles. The molecular formula is C15H14BrClFNO. The van der Waals surface area contributed by atoms with Gasteiger partial charge in [0, 0.05) is 9.50 Å². The molecule has 0 radical (unpaired) electrons. The van der Waals surface area contributed by atoms with Crippen LogP contribution in [-0.4, -0.2) is 14.2 Å². The highest BCUT2D eigenvalue weighted by atomic mass is 79.9. The Labute approximate surface area is 131 Å². The summed E-state index contributed by atoms with van der Waals surface area (Å²) < 4.78 is 19.0. The number of hydrogen-bond acceptors (Lipinski definition) is 2. The fraction of sp³-hybridized carbons (Fsp3) is 0.200. The van der Waals surface area contributed by atoms with Crippen LogP contribution in [0.25, 0.3) is 0 Å². The molecule has 1 N–H and O–H groups in total. The van der Waals surface area contributed by atoms with Gasteiger partial charge in [0.2, 0.25) is 0 Å². The zero-order chi connectivity index (χ0) is 14.7. The van der Waals surface area contributed by atoms with Gasteiger partial charge in [-0.25, -0.2) is 4.39 Å². The molecule has 0 bridgehead atoms. The summed E-state index contributed by atoms with van der Waals surface area (Å²) in [6.45, 7) is 0. The second-order valence-electron chi connectivity index (χ2n) is 4.27. The van der Waals surface area contributed by atoms with Gasteiger partial charge in [-0.05, 0) is 42.4 Å². The van der Waals surface area contributed by atoms with Crippen LogP contribution in [0.5, 0.6) is 5.75 Å². The van der Waals surface area contributed by atoms with E-state index in [1.807, 2.05) is 19.2 Å². The van der Waals surface area contributed by atoms with Crippen LogP contribution in [0.2, 0.25) is 5.02 Å². The lowest BCUT2D eigenvalue weighted by Gasteiger charge is -2.20.